The summed E-state index contributed by atoms with van der Waals surface area (Å²) in [6.45, 7) is 1.78. The van der Waals surface area contributed by atoms with Crippen LogP contribution in [-0.4, -0.2) is 16.1 Å². The molecule has 0 fully saturated rings. The molecular formula is C9H7NO4. The van der Waals surface area contributed by atoms with Gasteiger partial charge in [-0.1, -0.05) is 0 Å². The molecule has 0 spiro atoms. The van der Waals surface area contributed by atoms with Gasteiger partial charge < -0.3 is 13.9 Å². The molecule has 2 aromatic heterocycles. The fourth-order valence-corrected chi connectivity index (χ4v) is 1.06. The van der Waals surface area contributed by atoms with E-state index in [0.29, 0.717) is 5.56 Å². The quantitative estimate of drug-likeness (QED) is 0.788. The minimum atomic E-state index is -1.11. The van der Waals surface area contributed by atoms with E-state index in [1.165, 1.54) is 6.26 Å². The first-order valence-electron chi connectivity index (χ1n) is 3.91. The lowest BCUT2D eigenvalue weighted by atomic mass is 10.3. The maximum atomic E-state index is 10.5. The molecule has 0 saturated carbocycles. The van der Waals surface area contributed by atoms with E-state index in [0.717, 1.165) is 12.0 Å². The Kier molecular flexibility index (Phi) is 1.85. The normalized spacial score (nSPS) is 10.4. The summed E-state index contributed by atoms with van der Waals surface area (Å²) in [4.78, 5) is 14.3. The lowest BCUT2D eigenvalue weighted by Crippen LogP contribution is -1.95. The number of rotatable bonds is 2. The number of aryl methyl sites for hydroxylation is 1. The van der Waals surface area contributed by atoms with Gasteiger partial charge in [-0.3, -0.25) is 0 Å². The molecule has 2 rings (SSSR count). The van der Waals surface area contributed by atoms with E-state index in [9.17, 15) is 4.79 Å². The molecule has 0 atom stereocenters. The van der Waals surface area contributed by atoms with Crippen molar-refractivity contribution in [1.29, 1.82) is 0 Å². The first-order chi connectivity index (χ1) is 6.66. The highest BCUT2D eigenvalue weighted by Gasteiger charge is 2.12. The summed E-state index contributed by atoms with van der Waals surface area (Å²) in [6, 6.07) is 1.72. The summed E-state index contributed by atoms with van der Waals surface area (Å²) in [5.74, 6) is -0.144. The van der Waals surface area contributed by atoms with Crippen molar-refractivity contribution in [3.8, 4) is 11.5 Å². The third-order valence-corrected chi connectivity index (χ3v) is 1.70. The number of carboxylic acids is 1. The van der Waals surface area contributed by atoms with Crippen LogP contribution in [0.3, 0.4) is 0 Å². The number of aromatic carboxylic acids is 1. The Balaban J connectivity index is 2.38. The Bertz CT molecular complexity index is 469. The van der Waals surface area contributed by atoms with Crippen molar-refractivity contribution in [2.45, 2.75) is 6.92 Å². The number of oxazole rings is 1. The minimum Gasteiger partial charge on any atom is -0.476 e. The van der Waals surface area contributed by atoms with Gasteiger partial charge in [0.15, 0.2) is 5.69 Å². The van der Waals surface area contributed by atoms with Crippen LogP contribution in [0.15, 0.2) is 27.4 Å². The van der Waals surface area contributed by atoms with Crippen LogP contribution in [-0.2, 0) is 0 Å². The average molecular weight is 193 g/mol. The topological polar surface area (TPSA) is 76.5 Å². The number of carboxylic acid groups (broad SMARTS) is 1. The fourth-order valence-electron chi connectivity index (χ4n) is 1.06. The van der Waals surface area contributed by atoms with E-state index in [-0.39, 0.29) is 11.6 Å². The van der Waals surface area contributed by atoms with Gasteiger partial charge in [-0.15, -0.1) is 0 Å². The zero-order chi connectivity index (χ0) is 10.1. The standard InChI is InChI=1S/C9H7NO4/c1-5-2-6(3-13-5)8-10-7(4-14-8)9(11)12/h2-4H,1H3,(H,11,12). The van der Waals surface area contributed by atoms with Crippen LogP contribution in [0.1, 0.15) is 16.2 Å². The molecule has 2 aromatic rings. The van der Waals surface area contributed by atoms with Crippen molar-refractivity contribution in [1.82, 2.24) is 4.98 Å². The summed E-state index contributed by atoms with van der Waals surface area (Å²) in [5.41, 5.74) is 0.522. The number of hydrogen-bond donors (Lipinski definition) is 1. The number of hydrogen-bond acceptors (Lipinski definition) is 4. The number of aromatic nitrogens is 1. The second-order valence-corrected chi connectivity index (χ2v) is 2.79. The molecule has 2 heterocycles. The largest absolute Gasteiger partial charge is 0.476 e. The highest BCUT2D eigenvalue weighted by atomic mass is 16.4. The second-order valence-electron chi connectivity index (χ2n) is 2.79. The van der Waals surface area contributed by atoms with Crippen molar-refractivity contribution >= 4 is 5.97 Å². The Labute approximate surface area is 79.0 Å². The maximum Gasteiger partial charge on any atom is 0.357 e. The van der Waals surface area contributed by atoms with Gasteiger partial charge in [0.05, 0.1) is 5.56 Å². The summed E-state index contributed by atoms with van der Waals surface area (Å²) in [7, 11) is 0. The maximum absolute atomic E-state index is 10.5. The molecular weight excluding hydrogens is 186 g/mol. The molecule has 0 radical (unpaired) electrons. The van der Waals surface area contributed by atoms with Crippen LogP contribution in [0, 0.1) is 6.92 Å². The highest BCUT2D eigenvalue weighted by molar-refractivity contribution is 5.85. The summed E-state index contributed by atoms with van der Waals surface area (Å²) < 4.78 is 10.0. The zero-order valence-electron chi connectivity index (χ0n) is 7.35. The molecule has 72 valence electrons. The van der Waals surface area contributed by atoms with Crippen molar-refractivity contribution in [3.05, 3.63) is 30.0 Å². The lowest BCUT2D eigenvalue weighted by molar-refractivity contribution is 0.0690. The Hall–Kier alpha value is -2.04. The monoisotopic (exact) mass is 193 g/mol. The molecule has 0 amide bonds. The first-order valence-corrected chi connectivity index (χ1v) is 3.91. The van der Waals surface area contributed by atoms with E-state index < -0.39 is 5.97 Å². The van der Waals surface area contributed by atoms with E-state index >= 15 is 0 Å². The number of carbonyl (C=O) groups is 1. The van der Waals surface area contributed by atoms with Gasteiger partial charge in [-0.05, 0) is 13.0 Å². The molecule has 0 aliphatic heterocycles. The molecule has 1 N–H and O–H groups in total. The summed E-state index contributed by atoms with van der Waals surface area (Å²) >= 11 is 0. The summed E-state index contributed by atoms with van der Waals surface area (Å²) in [6.07, 6.45) is 2.56. The third kappa shape index (κ3) is 1.39. The van der Waals surface area contributed by atoms with Crippen LogP contribution in [0.2, 0.25) is 0 Å². The van der Waals surface area contributed by atoms with E-state index in [1.54, 1.807) is 13.0 Å². The summed E-state index contributed by atoms with van der Waals surface area (Å²) in [5, 5.41) is 8.60. The SMILES string of the molecule is Cc1cc(-c2nc(C(=O)O)co2)co1. The Morgan fingerprint density at radius 1 is 1.43 bits per heavy atom. The molecule has 0 saturated heterocycles. The van der Waals surface area contributed by atoms with Gasteiger partial charge in [0, 0.05) is 0 Å². The van der Waals surface area contributed by atoms with E-state index in [4.69, 9.17) is 13.9 Å². The predicted molar refractivity (Wildman–Crippen MR) is 45.9 cm³/mol. The molecule has 5 heteroatoms. The van der Waals surface area contributed by atoms with Gasteiger partial charge >= 0.3 is 5.97 Å². The third-order valence-electron chi connectivity index (χ3n) is 1.70. The fraction of sp³-hybridized carbons (Fsp3) is 0.111. The van der Waals surface area contributed by atoms with Crippen molar-refractivity contribution in [2.75, 3.05) is 0 Å². The van der Waals surface area contributed by atoms with Gasteiger partial charge in [-0.2, -0.15) is 0 Å². The van der Waals surface area contributed by atoms with Gasteiger partial charge in [0.1, 0.15) is 18.3 Å². The van der Waals surface area contributed by atoms with Gasteiger partial charge in [0.25, 0.3) is 0 Å². The predicted octanol–water partition coefficient (Wildman–Crippen LogP) is 1.94. The van der Waals surface area contributed by atoms with Crippen LogP contribution in [0.4, 0.5) is 0 Å². The molecule has 0 unspecified atom stereocenters. The number of furan rings is 1. The van der Waals surface area contributed by atoms with E-state index in [2.05, 4.69) is 4.98 Å². The van der Waals surface area contributed by atoms with Gasteiger partial charge in [0.2, 0.25) is 5.89 Å². The Morgan fingerprint density at radius 3 is 2.71 bits per heavy atom. The smallest absolute Gasteiger partial charge is 0.357 e. The van der Waals surface area contributed by atoms with Crippen molar-refractivity contribution in [3.63, 3.8) is 0 Å². The molecule has 0 bridgehead atoms. The van der Waals surface area contributed by atoms with Crippen LogP contribution in [0.5, 0.6) is 0 Å². The minimum absolute atomic E-state index is 0.112. The Morgan fingerprint density at radius 2 is 2.21 bits per heavy atom. The average Bonchev–Trinajstić information content (AvgIpc) is 2.70. The molecule has 0 aliphatic carbocycles. The molecule has 0 aliphatic rings. The van der Waals surface area contributed by atoms with Crippen LogP contribution < -0.4 is 0 Å². The zero-order valence-corrected chi connectivity index (χ0v) is 7.35. The van der Waals surface area contributed by atoms with Crippen molar-refractivity contribution < 1.29 is 18.7 Å². The highest BCUT2D eigenvalue weighted by Crippen LogP contribution is 2.20. The molecule has 14 heavy (non-hydrogen) atoms. The van der Waals surface area contributed by atoms with Crippen molar-refractivity contribution in [2.24, 2.45) is 0 Å². The second kappa shape index (κ2) is 3.02. The number of nitrogens with zero attached hydrogens (tertiary/aromatic N) is 1. The van der Waals surface area contributed by atoms with E-state index in [1.807, 2.05) is 0 Å². The molecule has 0 aromatic carbocycles. The first kappa shape index (κ1) is 8.55. The van der Waals surface area contributed by atoms with Crippen LogP contribution in [0.25, 0.3) is 11.5 Å². The lowest BCUT2D eigenvalue weighted by Gasteiger charge is -1.83. The van der Waals surface area contributed by atoms with Crippen LogP contribution >= 0.6 is 0 Å². The molecule has 5 nitrogen and oxygen atoms in total. The van der Waals surface area contributed by atoms with Gasteiger partial charge in [-0.25, -0.2) is 9.78 Å².